The van der Waals surface area contributed by atoms with Crippen LogP contribution in [0.5, 0.6) is 0 Å². The van der Waals surface area contributed by atoms with Gasteiger partial charge in [-0.25, -0.2) is 23.1 Å². The molecule has 0 bridgehead atoms. The van der Waals surface area contributed by atoms with Crippen LogP contribution in [0, 0.1) is 6.92 Å². The van der Waals surface area contributed by atoms with Crippen molar-refractivity contribution in [3.63, 3.8) is 0 Å². The van der Waals surface area contributed by atoms with E-state index in [1.54, 1.807) is 6.92 Å². The second kappa shape index (κ2) is 5.88. The van der Waals surface area contributed by atoms with Gasteiger partial charge in [0.25, 0.3) is 5.91 Å². The second-order valence-electron chi connectivity index (χ2n) is 5.42. The van der Waals surface area contributed by atoms with Gasteiger partial charge < -0.3 is 15.1 Å². The molecular formula is C12H18N4O5S. The summed E-state index contributed by atoms with van der Waals surface area (Å²) in [5.41, 5.74) is -1.50. The van der Waals surface area contributed by atoms with E-state index >= 15 is 0 Å². The predicted molar refractivity (Wildman–Crippen MR) is 76.5 cm³/mol. The van der Waals surface area contributed by atoms with Crippen molar-refractivity contribution >= 4 is 15.9 Å². The number of nitrogens with zero attached hydrogens (tertiary/aromatic N) is 3. The van der Waals surface area contributed by atoms with Crippen LogP contribution in [0.15, 0.2) is 12.4 Å². The lowest BCUT2D eigenvalue weighted by Crippen LogP contribution is -2.51. The molecule has 2 atom stereocenters. The van der Waals surface area contributed by atoms with Gasteiger partial charge in [-0.2, -0.15) is 0 Å². The van der Waals surface area contributed by atoms with Crippen molar-refractivity contribution in [1.82, 2.24) is 19.6 Å². The number of β-amino-alcohol motifs (C(OH)–C–C–N with tert-alkyl or cyclic N) is 2. The monoisotopic (exact) mass is 330 g/mol. The summed E-state index contributed by atoms with van der Waals surface area (Å²) in [4.78, 5) is 21.4. The van der Waals surface area contributed by atoms with Crippen LogP contribution in [0.3, 0.4) is 0 Å². The van der Waals surface area contributed by atoms with Crippen molar-refractivity contribution in [2.45, 2.75) is 18.6 Å². The minimum absolute atomic E-state index is 0.103. The Hall–Kier alpha value is -1.62. The second-order valence-corrected chi connectivity index (χ2v) is 7.25. The molecule has 1 aromatic heterocycles. The topological polar surface area (TPSA) is 133 Å². The molecule has 0 aliphatic carbocycles. The Bertz CT molecular complexity index is 663. The lowest BCUT2D eigenvalue weighted by atomic mass is 10.0. The van der Waals surface area contributed by atoms with Gasteiger partial charge in [0.15, 0.2) is 0 Å². The molecule has 1 saturated heterocycles. The molecule has 10 heteroatoms. The molecule has 1 fully saturated rings. The number of sulfonamides is 1. The number of likely N-dealkylation sites (tertiary alicyclic amines) is 1. The maximum Gasteiger partial charge on any atom is 0.257 e. The SMILES string of the molecule is Cc1ncc(C(=O)N2C[C@@H](O)[C@](O)(CNS(C)(=O)=O)C2)cn1. The quantitative estimate of drug-likeness (QED) is 0.575. The van der Waals surface area contributed by atoms with E-state index < -0.39 is 27.6 Å². The number of hydrogen-bond acceptors (Lipinski definition) is 7. The third-order valence-corrected chi connectivity index (χ3v) is 4.10. The molecule has 22 heavy (non-hydrogen) atoms. The predicted octanol–water partition coefficient (Wildman–Crippen LogP) is -2.12. The highest BCUT2D eigenvalue weighted by molar-refractivity contribution is 7.88. The molecule has 0 aromatic carbocycles. The van der Waals surface area contributed by atoms with E-state index in [1.807, 2.05) is 0 Å². The van der Waals surface area contributed by atoms with E-state index in [9.17, 15) is 23.4 Å². The summed E-state index contributed by atoms with van der Waals surface area (Å²) in [5, 5.41) is 20.3. The van der Waals surface area contributed by atoms with Crippen LogP contribution < -0.4 is 4.72 Å². The van der Waals surface area contributed by atoms with Crippen LogP contribution in [0.4, 0.5) is 0 Å². The maximum absolute atomic E-state index is 12.3. The number of nitrogens with one attached hydrogen (secondary N) is 1. The van der Waals surface area contributed by atoms with Crippen molar-refractivity contribution in [1.29, 1.82) is 0 Å². The molecule has 2 rings (SSSR count). The number of hydrogen-bond donors (Lipinski definition) is 3. The van der Waals surface area contributed by atoms with Crippen LogP contribution in [0.2, 0.25) is 0 Å². The Morgan fingerprint density at radius 1 is 1.50 bits per heavy atom. The molecule has 0 radical (unpaired) electrons. The molecule has 0 spiro atoms. The molecule has 0 saturated carbocycles. The molecule has 1 amide bonds. The third kappa shape index (κ3) is 3.77. The van der Waals surface area contributed by atoms with Gasteiger partial charge in [0.2, 0.25) is 10.0 Å². The van der Waals surface area contributed by atoms with Crippen LogP contribution in [0.1, 0.15) is 16.2 Å². The largest absolute Gasteiger partial charge is 0.388 e. The maximum atomic E-state index is 12.3. The van der Waals surface area contributed by atoms with Gasteiger partial charge in [0, 0.05) is 25.5 Å². The van der Waals surface area contributed by atoms with E-state index in [-0.39, 0.29) is 25.2 Å². The summed E-state index contributed by atoms with van der Waals surface area (Å²) in [6.07, 6.45) is 2.42. The highest BCUT2D eigenvalue weighted by Gasteiger charge is 2.46. The van der Waals surface area contributed by atoms with Crippen molar-refractivity contribution < 1.29 is 23.4 Å². The number of carbonyl (C=O) groups excluding carboxylic acids is 1. The standard InChI is InChI=1S/C12H18N4O5S/c1-8-13-3-9(4-14-8)11(18)16-5-10(17)12(19,7-16)6-15-22(2,20)21/h3-4,10,15,17,19H,5-7H2,1-2H3/t10-,12+/m1/s1. The molecule has 9 nitrogen and oxygen atoms in total. The fourth-order valence-corrected chi connectivity index (χ4v) is 2.66. The zero-order chi connectivity index (χ0) is 16.5. The first-order valence-corrected chi connectivity index (χ1v) is 8.43. The smallest absolute Gasteiger partial charge is 0.257 e. The van der Waals surface area contributed by atoms with Crippen molar-refractivity contribution in [3.05, 3.63) is 23.8 Å². The Kier molecular flexibility index (Phi) is 4.47. The number of rotatable bonds is 4. The molecule has 2 heterocycles. The van der Waals surface area contributed by atoms with Crippen molar-refractivity contribution in [3.8, 4) is 0 Å². The van der Waals surface area contributed by atoms with E-state index in [0.717, 1.165) is 6.26 Å². The molecule has 122 valence electrons. The Labute approximate surface area is 128 Å². The summed E-state index contributed by atoms with van der Waals surface area (Å²) >= 11 is 0. The van der Waals surface area contributed by atoms with E-state index in [2.05, 4.69) is 14.7 Å². The summed E-state index contributed by atoms with van der Waals surface area (Å²) in [7, 11) is -3.51. The average molecular weight is 330 g/mol. The minimum Gasteiger partial charge on any atom is -0.388 e. The Morgan fingerprint density at radius 3 is 2.64 bits per heavy atom. The van der Waals surface area contributed by atoms with Gasteiger partial charge in [-0.1, -0.05) is 0 Å². The molecule has 0 unspecified atom stereocenters. The van der Waals surface area contributed by atoms with Gasteiger partial charge in [0.05, 0.1) is 18.4 Å². The molecule has 1 aromatic rings. The minimum atomic E-state index is -3.51. The first-order valence-electron chi connectivity index (χ1n) is 6.54. The van der Waals surface area contributed by atoms with Crippen molar-refractivity contribution in [2.75, 3.05) is 25.9 Å². The lowest BCUT2D eigenvalue weighted by Gasteiger charge is -2.25. The fraction of sp³-hybridized carbons (Fsp3) is 0.583. The number of amides is 1. The fourth-order valence-electron chi connectivity index (χ4n) is 2.15. The first-order chi connectivity index (χ1) is 10.1. The number of aryl methyl sites for hydroxylation is 1. The average Bonchev–Trinajstić information content (AvgIpc) is 2.73. The van der Waals surface area contributed by atoms with Crippen LogP contribution in [-0.4, -0.2) is 77.0 Å². The molecule has 1 aliphatic heterocycles. The third-order valence-electron chi connectivity index (χ3n) is 3.43. The molecule has 3 N–H and O–H groups in total. The molecular weight excluding hydrogens is 312 g/mol. The summed E-state index contributed by atoms with van der Waals surface area (Å²) in [6.45, 7) is 1.02. The number of aliphatic hydroxyl groups excluding tert-OH is 1. The first kappa shape index (κ1) is 16.7. The highest BCUT2D eigenvalue weighted by atomic mass is 32.2. The van der Waals surface area contributed by atoms with Crippen LogP contribution in [-0.2, 0) is 10.0 Å². The zero-order valence-corrected chi connectivity index (χ0v) is 13.0. The normalized spacial score (nSPS) is 25.5. The van der Waals surface area contributed by atoms with Crippen LogP contribution >= 0.6 is 0 Å². The number of aliphatic hydroxyl groups is 2. The van der Waals surface area contributed by atoms with Gasteiger partial charge >= 0.3 is 0 Å². The van der Waals surface area contributed by atoms with Gasteiger partial charge in [-0.3, -0.25) is 4.79 Å². The summed E-state index contributed by atoms with van der Waals surface area (Å²) in [6, 6.07) is 0. The van der Waals surface area contributed by atoms with Crippen molar-refractivity contribution in [2.24, 2.45) is 0 Å². The highest BCUT2D eigenvalue weighted by Crippen LogP contribution is 2.23. The van der Waals surface area contributed by atoms with E-state index in [1.165, 1.54) is 17.3 Å². The molecule has 1 aliphatic rings. The number of carbonyl (C=O) groups is 1. The Morgan fingerprint density at radius 2 is 2.09 bits per heavy atom. The zero-order valence-electron chi connectivity index (χ0n) is 12.2. The number of aromatic nitrogens is 2. The van der Waals surface area contributed by atoms with E-state index in [4.69, 9.17) is 0 Å². The summed E-state index contributed by atoms with van der Waals surface area (Å²) < 4.78 is 24.4. The summed E-state index contributed by atoms with van der Waals surface area (Å²) in [5.74, 6) is 0.0844. The van der Waals surface area contributed by atoms with E-state index in [0.29, 0.717) is 5.82 Å². The van der Waals surface area contributed by atoms with Crippen LogP contribution in [0.25, 0.3) is 0 Å². The Balaban J connectivity index is 2.09. The lowest BCUT2D eigenvalue weighted by molar-refractivity contribution is -0.0352. The van der Waals surface area contributed by atoms with Gasteiger partial charge in [-0.15, -0.1) is 0 Å². The van der Waals surface area contributed by atoms with Gasteiger partial charge in [-0.05, 0) is 6.92 Å². The van der Waals surface area contributed by atoms with Gasteiger partial charge in [0.1, 0.15) is 17.5 Å².